The molecule has 0 aliphatic carbocycles. The van der Waals surface area contributed by atoms with E-state index in [9.17, 15) is 14.0 Å². The van der Waals surface area contributed by atoms with Gasteiger partial charge >= 0.3 is 5.97 Å². The molecule has 1 N–H and O–H groups in total. The van der Waals surface area contributed by atoms with Crippen molar-refractivity contribution >= 4 is 23.6 Å². The van der Waals surface area contributed by atoms with Gasteiger partial charge in [-0.15, -0.1) is 0 Å². The smallest absolute Gasteiger partial charge is 0.328 e. The molecule has 0 fully saturated rings. The molecule has 1 amide bonds. The summed E-state index contributed by atoms with van der Waals surface area (Å²) in [5.74, 6) is -0.865. The SMILES string of the molecule is COC(=O)[C@@H](CCSC)NC(=O)COc1ccccc1F. The third-order valence-electron chi connectivity index (χ3n) is 2.63. The van der Waals surface area contributed by atoms with Crippen molar-refractivity contribution in [1.29, 1.82) is 0 Å². The van der Waals surface area contributed by atoms with Gasteiger partial charge in [0.2, 0.25) is 0 Å². The highest BCUT2D eigenvalue weighted by Crippen LogP contribution is 2.15. The van der Waals surface area contributed by atoms with Gasteiger partial charge in [-0.2, -0.15) is 11.8 Å². The van der Waals surface area contributed by atoms with Crippen molar-refractivity contribution < 1.29 is 23.5 Å². The molecule has 0 spiro atoms. The highest BCUT2D eigenvalue weighted by atomic mass is 32.2. The minimum absolute atomic E-state index is 0.00798. The summed E-state index contributed by atoms with van der Waals surface area (Å²) in [6, 6.07) is 5.07. The lowest BCUT2D eigenvalue weighted by Crippen LogP contribution is -2.43. The lowest BCUT2D eigenvalue weighted by Gasteiger charge is -2.16. The van der Waals surface area contributed by atoms with Gasteiger partial charge in [-0.05, 0) is 30.6 Å². The minimum Gasteiger partial charge on any atom is -0.481 e. The Hall–Kier alpha value is -1.76. The van der Waals surface area contributed by atoms with Crippen molar-refractivity contribution in [3.63, 3.8) is 0 Å². The zero-order valence-corrected chi connectivity index (χ0v) is 12.7. The van der Waals surface area contributed by atoms with Gasteiger partial charge in [0.1, 0.15) is 6.04 Å². The van der Waals surface area contributed by atoms with E-state index in [-0.39, 0.29) is 12.4 Å². The normalized spacial score (nSPS) is 11.6. The Kier molecular flexibility index (Phi) is 7.60. The third-order valence-corrected chi connectivity index (χ3v) is 3.27. The van der Waals surface area contributed by atoms with Crippen molar-refractivity contribution in [2.45, 2.75) is 12.5 Å². The van der Waals surface area contributed by atoms with E-state index < -0.39 is 23.7 Å². The number of nitrogens with one attached hydrogen (secondary N) is 1. The quantitative estimate of drug-likeness (QED) is 0.739. The molecule has 7 heteroatoms. The van der Waals surface area contributed by atoms with Crippen molar-refractivity contribution in [3.8, 4) is 5.75 Å². The number of thioether (sulfide) groups is 1. The van der Waals surface area contributed by atoms with Crippen LogP contribution in [0.3, 0.4) is 0 Å². The van der Waals surface area contributed by atoms with Crippen LogP contribution < -0.4 is 10.1 Å². The molecule has 0 heterocycles. The van der Waals surface area contributed by atoms with Crippen LogP contribution in [0.15, 0.2) is 24.3 Å². The number of esters is 1. The second-order valence-corrected chi connectivity index (χ2v) is 5.13. The number of amides is 1. The highest BCUT2D eigenvalue weighted by Gasteiger charge is 2.21. The van der Waals surface area contributed by atoms with Crippen molar-refractivity contribution in [2.24, 2.45) is 0 Å². The van der Waals surface area contributed by atoms with E-state index >= 15 is 0 Å². The number of halogens is 1. The summed E-state index contributed by atoms with van der Waals surface area (Å²) in [5.41, 5.74) is 0. The molecule has 0 saturated carbocycles. The molecular weight excluding hydrogens is 297 g/mol. The summed E-state index contributed by atoms with van der Waals surface area (Å²) in [6.45, 7) is -0.367. The number of carbonyl (C=O) groups is 2. The van der Waals surface area contributed by atoms with Crippen LogP contribution in [0.2, 0.25) is 0 Å². The molecule has 0 bridgehead atoms. The third kappa shape index (κ3) is 6.03. The number of benzene rings is 1. The number of rotatable bonds is 8. The van der Waals surface area contributed by atoms with Gasteiger partial charge in [0, 0.05) is 0 Å². The van der Waals surface area contributed by atoms with E-state index in [1.807, 2.05) is 6.26 Å². The Labute approximate surface area is 127 Å². The van der Waals surface area contributed by atoms with Crippen LogP contribution >= 0.6 is 11.8 Å². The largest absolute Gasteiger partial charge is 0.481 e. The van der Waals surface area contributed by atoms with Gasteiger partial charge in [0.15, 0.2) is 18.2 Å². The minimum atomic E-state index is -0.723. The predicted octanol–water partition coefficient (Wildman–Crippen LogP) is 1.62. The molecule has 5 nitrogen and oxygen atoms in total. The van der Waals surface area contributed by atoms with Crippen LogP contribution in [-0.2, 0) is 14.3 Å². The molecule has 0 unspecified atom stereocenters. The molecule has 0 aromatic heterocycles. The van der Waals surface area contributed by atoms with Crippen molar-refractivity contribution in [1.82, 2.24) is 5.32 Å². The molecule has 1 rings (SSSR count). The Morgan fingerprint density at radius 2 is 2.10 bits per heavy atom. The van der Waals surface area contributed by atoms with E-state index in [0.29, 0.717) is 12.2 Å². The maximum Gasteiger partial charge on any atom is 0.328 e. The molecule has 0 radical (unpaired) electrons. The van der Waals surface area contributed by atoms with E-state index in [1.165, 1.54) is 25.3 Å². The molecular formula is C14H18FNO4S. The zero-order chi connectivity index (χ0) is 15.7. The van der Waals surface area contributed by atoms with Gasteiger partial charge in [0.25, 0.3) is 5.91 Å². The van der Waals surface area contributed by atoms with Crippen LogP contribution in [-0.4, -0.2) is 43.6 Å². The summed E-state index contributed by atoms with van der Waals surface area (Å²) in [5, 5.41) is 2.52. The average Bonchev–Trinajstić information content (AvgIpc) is 2.49. The fourth-order valence-electron chi connectivity index (χ4n) is 1.57. The van der Waals surface area contributed by atoms with Gasteiger partial charge in [-0.25, -0.2) is 9.18 Å². The molecule has 1 aromatic rings. The molecule has 0 aliphatic rings. The maximum atomic E-state index is 13.3. The van der Waals surface area contributed by atoms with E-state index in [1.54, 1.807) is 17.8 Å². The van der Waals surface area contributed by atoms with Gasteiger partial charge in [-0.1, -0.05) is 12.1 Å². The Balaban J connectivity index is 2.50. The predicted molar refractivity (Wildman–Crippen MR) is 78.8 cm³/mol. The molecule has 0 saturated heterocycles. The molecule has 116 valence electrons. The second kappa shape index (κ2) is 9.23. The average molecular weight is 315 g/mol. The van der Waals surface area contributed by atoms with Crippen molar-refractivity contribution in [2.75, 3.05) is 25.7 Å². The summed E-state index contributed by atoms with van der Waals surface area (Å²) in [4.78, 5) is 23.3. The first-order chi connectivity index (χ1) is 10.1. The first-order valence-corrected chi connectivity index (χ1v) is 7.71. The Bertz CT molecular complexity index is 484. The highest BCUT2D eigenvalue weighted by molar-refractivity contribution is 7.98. The van der Waals surface area contributed by atoms with Crippen LogP contribution in [0, 0.1) is 5.82 Å². The van der Waals surface area contributed by atoms with Crippen molar-refractivity contribution in [3.05, 3.63) is 30.1 Å². The molecule has 0 aliphatic heterocycles. The lowest BCUT2D eigenvalue weighted by atomic mass is 10.2. The fraction of sp³-hybridized carbons (Fsp3) is 0.429. The number of hydrogen-bond acceptors (Lipinski definition) is 5. The van der Waals surface area contributed by atoms with E-state index in [0.717, 1.165) is 0 Å². The van der Waals surface area contributed by atoms with Gasteiger partial charge in [0.05, 0.1) is 7.11 Å². The maximum absolute atomic E-state index is 13.3. The van der Waals surface area contributed by atoms with E-state index in [2.05, 4.69) is 10.1 Å². The summed E-state index contributed by atoms with van der Waals surface area (Å²) in [7, 11) is 1.26. The zero-order valence-electron chi connectivity index (χ0n) is 11.9. The lowest BCUT2D eigenvalue weighted by molar-refractivity contribution is -0.145. The van der Waals surface area contributed by atoms with Crippen LogP contribution in [0.1, 0.15) is 6.42 Å². The number of carbonyl (C=O) groups excluding carboxylic acids is 2. The van der Waals surface area contributed by atoms with Crippen LogP contribution in [0.4, 0.5) is 4.39 Å². The number of ether oxygens (including phenoxy) is 2. The molecule has 1 aromatic carbocycles. The summed E-state index contributed by atoms with van der Waals surface area (Å²) in [6.07, 6.45) is 2.36. The first-order valence-electron chi connectivity index (χ1n) is 6.32. The second-order valence-electron chi connectivity index (χ2n) is 4.14. The monoisotopic (exact) mass is 315 g/mol. The fourth-order valence-corrected chi connectivity index (χ4v) is 2.04. The molecule has 21 heavy (non-hydrogen) atoms. The number of para-hydroxylation sites is 1. The van der Waals surface area contributed by atoms with Crippen LogP contribution in [0.5, 0.6) is 5.75 Å². The number of hydrogen-bond donors (Lipinski definition) is 1. The van der Waals surface area contributed by atoms with Crippen LogP contribution in [0.25, 0.3) is 0 Å². The van der Waals surface area contributed by atoms with Gasteiger partial charge < -0.3 is 14.8 Å². The first kappa shape index (κ1) is 17.3. The Morgan fingerprint density at radius 1 is 1.38 bits per heavy atom. The standard InChI is InChI=1S/C14H18FNO4S/c1-19-14(18)11(7-8-21-2)16-13(17)9-20-12-6-4-3-5-10(12)15/h3-6,11H,7-9H2,1-2H3,(H,16,17)/t11-/m1/s1. The Morgan fingerprint density at radius 3 is 2.71 bits per heavy atom. The summed E-state index contributed by atoms with van der Waals surface area (Å²) >= 11 is 1.56. The summed E-state index contributed by atoms with van der Waals surface area (Å²) < 4.78 is 23.0. The van der Waals surface area contributed by atoms with E-state index in [4.69, 9.17) is 4.74 Å². The van der Waals surface area contributed by atoms with Gasteiger partial charge in [-0.3, -0.25) is 4.79 Å². The topological polar surface area (TPSA) is 64.6 Å². The number of methoxy groups -OCH3 is 1. The molecule has 1 atom stereocenters.